The number of nitrogens with zero attached hydrogens (tertiary/aromatic N) is 1. The highest BCUT2D eigenvalue weighted by atomic mass is 16.5. The molecular weight excluding hydrogens is 232 g/mol. The lowest BCUT2D eigenvalue weighted by atomic mass is 9.89. The Morgan fingerprint density at radius 1 is 1.33 bits per heavy atom. The van der Waals surface area contributed by atoms with Crippen LogP contribution in [0.4, 0.5) is 0 Å². The second-order valence-corrected chi connectivity index (χ2v) is 5.31. The van der Waals surface area contributed by atoms with E-state index in [1.54, 1.807) is 18.7 Å². The lowest BCUT2D eigenvalue weighted by molar-refractivity contribution is -0.151. The third-order valence-corrected chi connectivity index (χ3v) is 3.39. The summed E-state index contributed by atoms with van der Waals surface area (Å²) in [6.07, 6.45) is 0.855. The van der Waals surface area contributed by atoms with Crippen LogP contribution in [0, 0.1) is 5.41 Å². The molecule has 1 rings (SSSR count). The first-order valence-electron chi connectivity index (χ1n) is 6.57. The van der Waals surface area contributed by atoms with Gasteiger partial charge in [-0.2, -0.15) is 0 Å². The number of hydrogen-bond donors (Lipinski definition) is 1. The van der Waals surface area contributed by atoms with E-state index in [1.165, 1.54) is 0 Å². The largest absolute Gasteiger partial charge is 0.378 e. The van der Waals surface area contributed by atoms with Gasteiger partial charge in [0.1, 0.15) is 5.41 Å². The van der Waals surface area contributed by atoms with Gasteiger partial charge in [-0.15, -0.1) is 0 Å². The van der Waals surface area contributed by atoms with Crippen molar-refractivity contribution in [2.75, 3.05) is 26.3 Å². The van der Waals surface area contributed by atoms with Gasteiger partial charge < -0.3 is 15.0 Å². The molecule has 18 heavy (non-hydrogen) atoms. The number of nitrogens with one attached hydrogen (secondary N) is 1. The summed E-state index contributed by atoms with van der Waals surface area (Å²) in [5.41, 5.74) is -1.01. The molecular formula is C13H24N2O3. The fourth-order valence-electron chi connectivity index (χ4n) is 1.77. The molecule has 104 valence electrons. The topological polar surface area (TPSA) is 58.6 Å². The van der Waals surface area contributed by atoms with E-state index in [-0.39, 0.29) is 17.9 Å². The number of hydrogen-bond acceptors (Lipinski definition) is 3. The second kappa shape index (κ2) is 6.18. The number of ether oxygens (including phenoxy) is 1. The molecule has 1 N–H and O–H groups in total. The molecule has 1 unspecified atom stereocenters. The first-order valence-corrected chi connectivity index (χ1v) is 6.57. The maximum atomic E-state index is 12.3. The fraction of sp³-hybridized carbons (Fsp3) is 0.846. The van der Waals surface area contributed by atoms with E-state index in [4.69, 9.17) is 4.74 Å². The monoisotopic (exact) mass is 256 g/mol. The summed E-state index contributed by atoms with van der Waals surface area (Å²) in [6, 6.07) is 0.0919. The molecule has 1 fully saturated rings. The van der Waals surface area contributed by atoms with E-state index >= 15 is 0 Å². The van der Waals surface area contributed by atoms with Gasteiger partial charge in [0.2, 0.25) is 11.8 Å². The molecule has 1 aliphatic heterocycles. The summed E-state index contributed by atoms with van der Waals surface area (Å²) < 4.78 is 5.21. The van der Waals surface area contributed by atoms with Crippen LogP contribution in [-0.4, -0.2) is 49.1 Å². The number of rotatable bonds is 4. The molecule has 0 aromatic heterocycles. The van der Waals surface area contributed by atoms with Crippen LogP contribution < -0.4 is 5.32 Å². The number of amides is 2. The SMILES string of the molecule is CCC(C)NC(=O)C(C)(C)C(=O)N1CCOCC1. The zero-order chi connectivity index (χ0) is 13.8. The molecule has 0 aromatic rings. The summed E-state index contributed by atoms with van der Waals surface area (Å²) in [5.74, 6) is -0.319. The minimum absolute atomic E-state index is 0.0919. The molecule has 1 atom stereocenters. The molecule has 5 heteroatoms. The van der Waals surface area contributed by atoms with Crippen LogP contribution in [0.15, 0.2) is 0 Å². The molecule has 0 radical (unpaired) electrons. The van der Waals surface area contributed by atoms with Gasteiger partial charge in [0.05, 0.1) is 13.2 Å². The molecule has 0 aromatic carbocycles. The van der Waals surface area contributed by atoms with Gasteiger partial charge >= 0.3 is 0 Å². The Labute approximate surface area is 109 Å². The van der Waals surface area contributed by atoms with Crippen molar-refractivity contribution in [2.24, 2.45) is 5.41 Å². The van der Waals surface area contributed by atoms with Gasteiger partial charge in [0.15, 0.2) is 0 Å². The van der Waals surface area contributed by atoms with Gasteiger partial charge in [-0.05, 0) is 27.2 Å². The molecule has 2 amide bonds. The molecule has 0 bridgehead atoms. The Kier molecular flexibility index (Phi) is 5.14. The first-order chi connectivity index (χ1) is 8.39. The molecule has 1 aliphatic rings. The Hall–Kier alpha value is -1.10. The highest BCUT2D eigenvalue weighted by molar-refractivity contribution is 6.04. The highest BCUT2D eigenvalue weighted by Crippen LogP contribution is 2.20. The highest BCUT2D eigenvalue weighted by Gasteiger charge is 2.39. The lowest BCUT2D eigenvalue weighted by Gasteiger charge is -2.34. The van der Waals surface area contributed by atoms with Crippen LogP contribution in [0.2, 0.25) is 0 Å². The lowest BCUT2D eigenvalue weighted by Crippen LogP contribution is -2.53. The van der Waals surface area contributed by atoms with Gasteiger partial charge in [-0.25, -0.2) is 0 Å². The van der Waals surface area contributed by atoms with E-state index in [0.717, 1.165) is 6.42 Å². The molecule has 1 heterocycles. The van der Waals surface area contributed by atoms with Crippen molar-refractivity contribution in [3.8, 4) is 0 Å². The number of morpholine rings is 1. The maximum absolute atomic E-state index is 12.3. The van der Waals surface area contributed by atoms with Crippen molar-refractivity contribution >= 4 is 11.8 Å². The standard InChI is InChI=1S/C13H24N2O3/c1-5-10(2)14-11(16)13(3,4)12(17)15-6-8-18-9-7-15/h10H,5-9H2,1-4H3,(H,14,16). The maximum Gasteiger partial charge on any atom is 0.237 e. The first kappa shape index (κ1) is 15.0. The molecule has 1 saturated heterocycles. The third-order valence-electron chi connectivity index (χ3n) is 3.39. The average molecular weight is 256 g/mol. The summed E-state index contributed by atoms with van der Waals surface area (Å²) in [7, 11) is 0. The summed E-state index contributed by atoms with van der Waals surface area (Å²) in [5, 5.41) is 2.87. The summed E-state index contributed by atoms with van der Waals surface area (Å²) >= 11 is 0. The van der Waals surface area contributed by atoms with Crippen LogP contribution in [0.25, 0.3) is 0 Å². The van der Waals surface area contributed by atoms with Gasteiger partial charge in [-0.3, -0.25) is 9.59 Å². The van der Waals surface area contributed by atoms with Gasteiger partial charge in [0.25, 0.3) is 0 Å². The van der Waals surface area contributed by atoms with Gasteiger partial charge in [-0.1, -0.05) is 6.92 Å². The molecule has 5 nitrogen and oxygen atoms in total. The zero-order valence-corrected chi connectivity index (χ0v) is 11.8. The minimum atomic E-state index is -1.01. The van der Waals surface area contributed by atoms with Crippen LogP contribution in [0.5, 0.6) is 0 Å². The predicted octanol–water partition coefficient (Wildman–Crippen LogP) is 0.786. The van der Waals surface area contributed by atoms with E-state index in [0.29, 0.717) is 26.3 Å². The zero-order valence-electron chi connectivity index (χ0n) is 11.8. The van der Waals surface area contributed by atoms with E-state index in [9.17, 15) is 9.59 Å². The van der Waals surface area contributed by atoms with Gasteiger partial charge in [0, 0.05) is 19.1 Å². The average Bonchev–Trinajstić information content (AvgIpc) is 2.38. The minimum Gasteiger partial charge on any atom is -0.378 e. The molecule has 0 aliphatic carbocycles. The number of carbonyl (C=O) groups excluding carboxylic acids is 2. The third kappa shape index (κ3) is 3.45. The van der Waals surface area contributed by atoms with Crippen LogP contribution in [-0.2, 0) is 14.3 Å². The van der Waals surface area contributed by atoms with Crippen LogP contribution in [0.1, 0.15) is 34.1 Å². The van der Waals surface area contributed by atoms with E-state index in [1.807, 2.05) is 13.8 Å². The fourth-order valence-corrected chi connectivity index (χ4v) is 1.77. The van der Waals surface area contributed by atoms with Crippen molar-refractivity contribution in [2.45, 2.75) is 40.2 Å². The predicted molar refractivity (Wildman–Crippen MR) is 69.1 cm³/mol. The van der Waals surface area contributed by atoms with Crippen molar-refractivity contribution in [1.29, 1.82) is 0 Å². The van der Waals surface area contributed by atoms with Crippen molar-refractivity contribution in [3.05, 3.63) is 0 Å². The van der Waals surface area contributed by atoms with Crippen LogP contribution >= 0.6 is 0 Å². The van der Waals surface area contributed by atoms with Crippen LogP contribution in [0.3, 0.4) is 0 Å². The van der Waals surface area contributed by atoms with Crippen molar-refractivity contribution < 1.29 is 14.3 Å². The Bertz CT molecular complexity index is 309. The Morgan fingerprint density at radius 3 is 2.39 bits per heavy atom. The van der Waals surface area contributed by atoms with Crippen molar-refractivity contribution in [3.63, 3.8) is 0 Å². The van der Waals surface area contributed by atoms with Crippen molar-refractivity contribution in [1.82, 2.24) is 10.2 Å². The van der Waals surface area contributed by atoms with E-state index < -0.39 is 5.41 Å². The smallest absolute Gasteiger partial charge is 0.237 e. The summed E-state index contributed by atoms with van der Waals surface area (Å²) in [6.45, 7) is 9.54. The van der Waals surface area contributed by atoms with E-state index in [2.05, 4.69) is 5.32 Å². The summed E-state index contributed by atoms with van der Waals surface area (Å²) in [4.78, 5) is 26.2. The Balaban J connectivity index is 2.65. The Morgan fingerprint density at radius 2 is 1.89 bits per heavy atom. The quantitative estimate of drug-likeness (QED) is 0.756. The number of carbonyl (C=O) groups is 2. The molecule has 0 saturated carbocycles. The molecule has 0 spiro atoms. The second-order valence-electron chi connectivity index (χ2n) is 5.31. The normalized spacial score (nSPS) is 18.3.